The second-order valence-corrected chi connectivity index (χ2v) is 8.49. The molecule has 33 heavy (non-hydrogen) atoms. The fraction of sp³-hybridized carbons (Fsp3) is 0.379. The Balaban J connectivity index is 1.68. The highest BCUT2D eigenvalue weighted by molar-refractivity contribution is 5.96. The zero-order valence-electron chi connectivity index (χ0n) is 20.1. The lowest BCUT2D eigenvalue weighted by atomic mass is 9.94. The number of amides is 1. The molecule has 0 aliphatic rings. The smallest absolute Gasteiger partial charge is 0.244 e. The van der Waals surface area contributed by atoms with Crippen molar-refractivity contribution in [2.24, 2.45) is 0 Å². The van der Waals surface area contributed by atoms with Gasteiger partial charge in [-0.1, -0.05) is 50.6 Å². The van der Waals surface area contributed by atoms with Gasteiger partial charge in [-0.2, -0.15) is 0 Å². The largest absolute Gasteiger partial charge is 0.496 e. The maximum absolute atomic E-state index is 12.7. The highest BCUT2D eigenvalue weighted by Crippen LogP contribution is 2.31. The summed E-state index contributed by atoms with van der Waals surface area (Å²) in [6.45, 7) is 4.33. The molecule has 0 fully saturated rings. The first kappa shape index (κ1) is 24.5. The third-order valence-electron chi connectivity index (χ3n) is 6.16. The van der Waals surface area contributed by atoms with E-state index in [0.29, 0.717) is 0 Å². The van der Waals surface area contributed by atoms with Gasteiger partial charge < -0.3 is 10.1 Å². The first-order chi connectivity index (χ1) is 16.2. The van der Waals surface area contributed by atoms with Crippen LogP contribution in [0.15, 0.2) is 60.9 Å². The minimum atomic E-state index is -0.0320. The van der Waals surface area contributed by atoms with Gasteiger partial charge in [0.25, 0.3) is 0 Å². The fourth-order valence-electron chi connectivity index (χ4n) is 4.27. The number of benzene rings is 2. The number of nitrogens with one attached hydrogen (secondary N) is 1. The molecule has 3 rings (SSSR count). The number of carbonyl (C=O) groups excluding carboxylic acids is 1. The molecule has 1 N–H and O–H groups in total. The molecular formula is C29H36N2O2. The van der Waals surface area contributed by atoms with Gasteiger partial charge in [-0.25, -0.2) is 0 Å². The molecule has 174 valence electrons. The second kappa shape index (κ2) is 12.8. The van der Waals surface area contributed by atoms with Crippen LogP contribution in [0, 0.1) is 0 Å². The maximum atomic E-state index is 12.7. The summed E-state index contributed by atoms with van der Waals surface area (Å²) in [4.78, 5) is 16.9. The zero-order valence-corrected chi connectivity index (χ0v) is 20.1. The van der Waals surface area contributed by atoms with E-state index < -0.39 is 0 Å². The molecule has 1 aromatic heterocycles. The third-order valence-corrected chi connectivity index (χ3v) is 6.16. The van der Waals surface area contributed by atoms with Crippen LogP contribution in [0.5, 0.6) is 5.75 Å². The molecule has 0 saturated carbocycles. The number of ether oxygens (including phenoxy) is 1. The summed E-state index contributed by atoms with van der Waals surface area (Å²) in [5.74, 6) is 0.853. The van der Waals surface area contributed by atoms with Crippen LogP contribution in [0.4, 0.5) is 0 Å². The number of fused-ring (bicyclic) bond motifs is 1. The number of hydrogen-bond acceptors (Lipinski definition) is 3. The molecule has 0 aliphatic carbocycles. The van der Waals surface area contributed by atoms with Gasteiger partial charge >= 0.3 is 0 Å². The Bertz CT molecular complexity index is 1060. The molecule has 0 saturated heterocycles. The Labute approximate surface area is 198 Å². The first-order valence-electron chi connectivity index (χ1n) is 12.1. The lowest BCUT2D eigenvalue weighted by molar-refractivity contribution is -0.117. The van der Waals surface area contributed by atoms with E-state index in [4.69, 9.17) is 4.74 Å². The monoisotopic (exact) mass is 444 g/mol. The molecule has 0 aliphatic heterocycles. The van der Waals surface area contributed by atoms with Crippen LogP contribution in [0.25, 0.3) is 16.8 Å². The van der Waals surface area contributed by atoms with Gasteiger partial charge in [0.1, 0.15) is 5.75 Å². The predicted molar refractivity (Wildman–Crippen MR) is 138 cm³/mol. The van der Waals surface area contributed by atoms with Crippen molar-refractivity contribution in [3.8, 4) is 5.75 Å². The Morgan fingerprint density at radius 2 is 1.94 bits per heavy atom. The molecule has 0 bridgehead atoms. The molecule has 3 aromatic rings. The summed E-state index contributed by atoms with van der Waals surface area (Å²) >= 11 is 0. The van der Waals surface area contributed by atoms with Gasteiger partial charge in [-0.15, -0.1) is 0 Å². The van der Waals surface area contributed by atoms with Crippen molar-refractivity contribution >= 4 is 22.8 Å². The van der Waals surface area contributed by atoms with Gasteiger partial charge in [-0.3, -0.25) is 9.78 Å². The van der Waals surface area contributed by atoms with Gasteiger partial charge in [0.15, 0.2) is 0 Å². The van der Waals surface area contributed by atoms with Crippen molar-refractivity contribution in [1.29, 1.82) is 0 Å². The van der Waals surface area contributed by atoms with Crippen LogP contribution in [0.2, 0.25) is 0 Å². The second-order valence-electron chi connectivity index (χ2n) is 8.49. The summed E-state index contributed by atoms with van der Waals surface area (Å²) in [6.07, 6.45) is 14.5. The molecule has 1 amide bonds. The number of nitrogens with zero attached hydrogens (tertiary/aromatic N) is 1. The van der Waals surface area contributed by atoms with E-state index in [0.717, 1.165) is 61.6 Å². The molecule has 1 heterocycles. The van der Waals surface area contributed by atoms with Crippen LogP contribution in [0.1, 0.15) is 62.6 Å². The maximum Gasteiger partial charge on any atom is 0.244 e. The number of carbonyl (C=O) groups is 1. The van der Waals surface area contributed by atoms with Crippen molar-refractivity contribution in [3.63, 3.8) is 0 Å². The van der Waals surface area contributed by atoms with Gasteiger partial charge in [0.05, 0.1) is 7.11 Å². The summed E-state index contributed by atoms with van der Waals surface area (Å²) in [7, 11) is 1.71. The minimum Gasteiger partial charge on any atom is -0.496 e. The lowest BCUT2D eigenvalue weighted by Gasteiger charge is -2.16. The van der Waals surface area contributed by atoms with E-state index in [1.54, 1.807) is 19.4 Å². The first-order valence-corrected chi connectivity index (χ1v) is 12.1. The third kappa shape index (κ3) is 6.92. The van der Waals surface area contributed by atoms with Crippen LogP contribution in [0.3, 0.4) is 0 Å². The van der Waals surface area contributed by atoms with Crippen molar-refractivity contribution < 1.29 is 9.53 Å². The summed E-state index contributed by atoms with van der Waals surface area (Å²) < 4.78 is 5.56. The normalized spacial score (nSPS) is 12.2. The number of hydrogen-bond donors (Lipinski definition) is 1. The van der Waals surface area contributed by atoms with Gasteiger partial charge in [0.2, 0.25) is 5.91 Å². The van der Waals surface area contributed by atoms with Crippen molar-refractivity contribution in [2.75, 3.05) is 7.11 Å². The molecule has 0 radical (unpaired) electrons. The van der Waals surface area contributed by atoms with Gasteiger partial charge in [-0.05, 0) is 78.8 Å². The highest BCUT2D eigenvalue weighted by atomic mass is 16.5. The van der Waals surface area contributed by atoms with Crippen molar-refractivity contribution in [2.45, 2.75) is 64.8 Å². The van der Waals surface area contributed by atoms with E-state index in [-0.39, 0.29) is 11.9 Å². The number of rotatable bonds is 12. The minimum absolute atomic E-state index is 0.0320. The standard InChI is InChI=1S/C29H36N2O2/c1-4-6-13-25-23(16-18-27-26(25)14-8-15-28(27)33-3)17-19-29(32)31-24(5-2)12-7-10-22-11-9-20-30-21-22/h8-9,11,14-21,24H,4-7,10,12-13H2,1-3H3,(H,31,32)/b19-17+. The highest BCUT2D eigenvalue weighted by Gasteiger charge is 2.11. The van der Waals surface area contributed by atoms with Crippen LogP contribution >= 0.6 is 0 Å². The average Bonchev–Trinajstić information content (AvgIpc) is 2.85. The number of aryl methyl sites for hydroxylation is 2. The van der Waals surface area contributed by atoms with Gasteiger partial charge in [0, 0.05) is 29.9 Å². The number of aromatic nitrogens is 1. The SMILES string of the molecule is CCCCc1c(/C=C/C(=O)NC(CC)CCCc2cccnc2)ccc2c(OC)cccc12. The van der Waals surface area contributed by atoms with E-state index in [2.05, 4.69) is 48.4 Å². The zero-order chi connectivity index (χ0) is 23.5. The predicted octanol–water partition coefficient (Wildman–Crippen LogP) is 6.52. The summed E-state index contributed by atoms with van der Waals surface area (Å²) in [5.41, 5.74) is 3.62. The van der Waals surface area contributed by atoms with Crippen LogP contribution in [-0.4, -0.2) is 24.0 Å². The Morgan fingerprint density at radius 3 is 2.67 bits per heavy atom. The molecule has 4 heteroatoms. The molecule has 1 unspecified atom stereocenters. The number of pyridine rings is 1. The van der Waals surface area contributed by atoms with Crippen LogP contribution < -0.4 is 10.1 Å². The number of methoxy groups -OCH3 is 1. The topological polar surface area (TPSA) is 51.2 Å². The lowest BCUT2D eigenvalue weighted by Crippen LogP contribution is -2.33. The molecule has 0 spiro atoms. The fourth-order valence-corrected chi connectivity index (χ4v) is 4.27. The Kier molecular flexibility index (Phi) is 9.49. The van der Waals surface area contributed by atoms with E-state index in [1.807, 2.05) is 30.5 Å². The molecule has 2 aromatic carbocycles. The molecule has 4 nitrogen and oxygen atoms in total. The van der Waals surface area contributed by atoms with Crippen molar-refractivity contribution in [3.05, 3.63) is 77.6 Å². The van der Waals surface area contributed by atoms with Crippen molar-refractivity contribution in [1.82, 2.24) is 10.3 Å². The van der Waals surface area contributed by atoms with E-state index in [9.17, 15) is 4.79 Å². The summed E-state index contributed by atoms with van der Waals surface area (Å²) in [5, 5.41) is 5.50. The Hall–Kier alpha value is -3.14. The quantitative estimate of drug-likeness (QED) is 0.324. The van der Waals surface area contributed by atoms with E-state index in [1.165, 1.54) is 16.5 Å². The summed E-state index contributed by atoms with van der Waals surface area (Å²) in [6, 6.07) is 14.6. The Morgan fingerprint density at radius 1 is 1.06 bits per heavy atom. The molecule has 1 atom stereocenters. The average molecular weight is 445 g/mol. The van der Waals surface area contributed by atoms with Crippen LogP contribution in [-0.2, 0) is 17.6 Å². The molecular weight excluding hydrogens is 408 g/mol. The number of unbranched alkanes of at least 4 members (excludes halogenated alkanes) is 1. The van der Waals surface area contributed by atoms with E-state index >= 15 is 0 Å².